The van der Waals surface area contributed by atoms with E-state index in [9.17, 15) is 0 Å². The Bertz CT molecular complexity index is 273. The van der Waals surface area contributed by atoms with Crippen LogP contribution < -0.4 is 5.32 Å². The minimum Gasteiger partial charge on any atom is -0.313 e. The van der Waals surface area contributed by atoms with E-state index in [0.29, 0.717) is 0 Å². The van der Waals surface area contributed by atoms with Gasteiger partial charge in [0.05, 0.1) is 0 Å². The molecule has 0 bridgehead atoms. The summed E-state index contributed by atoms with van der Waals surface area (Å²) in [6.07, 6.45) is 13.4. The Morgan fingerprint density at radius 3 is 2.37 bits per heavy atom. The fraction of sp³-hybridized carbons (Fsp3) is 1.00. The first-order valence-corrected chi connectivity index (χ1v) is 9.04. The standard InChI is InChI=1S/C18H33N/c1-3-11-19-18(14-8-6-7-13(2)12-14)17-15-9-4-5-10-16(15)17/h13-19H,3-12H2,1-2H3. The molecule has 1 N–H and O–H groups in total. The van der Waals surface area contributed by atoms with Gasteiger partial charge in [-0.3, -0.25) is 0 Å². The van der Waals surface area contributed by atoms with Crippen molar-refractivity contribution in [1.82, 2.24) is 5.32 Å². The fourth-order valence-corrected chi connectivity index (χ4v) is 5.32. The van der Waals surface area contributed by atoms with Gasteiger partial charge in [0, 0.05) is 6.04 Å². The number of hydrogen-bond acceptors (Lipinski definition) is 1. The van der Waals surface area contributed by atoms with Crippen LogP contribution in [-0.2, 0) is 0 Å². The van der Waals surface area contributed by atoms with Gasteiger partial charge in [0.25, 0.3) is 0 Å². The van der Waals surface area contributed by atoms with E-state index in [1.54, 1.807) is 12.8 Å². The lowest BCUT2D eigenvalue weighted by atomic mass is 9.76. The third-order valence-corrected chi connectivity index (χ3v) is 6.25. The highest BCUT2D eigenvalue weighted by molar-refractivity contribution is 5.06. The van der Waals surface area contributed by atoms with Crippen LogP contribution in [0.1, 0.15) is 71.6 Å². The fourth-order valence-electron chi connectivity index (χ4n) is 5.32. The van der Waals surface area contributed by atoms with Crippen LogP contribution in [0.25, 0.3) is 0 Å². The summed E-state index contributed by atoms with van der Waals surface area (Å²) in [6.45, 7) is 6.03. The molecule has 0 heterocycles. The lowest BCUT2D eigenvalue weighted by molar-refractivity contribution is 0.199. The molecule has 0 aromatic rings. The van der Waals surface area contributed by atoms with E-state index >= 15 is 0 Å². The van der Waals surface area contributed by atoms with Gasteiger partial charge in [0.15, 0.2) is 0 Å². The SMILES string of the molecule is CCCNC(C1CCCC(C)C1)C1C2CCCCC21. The van der Waals surface area contributed by atoms with E-state index in [4.69, 9.17) is 0 Å². The van der Waals surface area contributed by atoms with Gasteiger partial charge in [-0.05, 0) is 68.2 Å². The van der Waals surface area contributed by atoms with E-state index in [2.05, 4.69) is 19.2 Å². The van der Waals surface area contributed by atoms with Crippen molar-refractivity contribution < 1.29 is 0 Å². The second kappa shape index (κ2) is 6.16. The van der Waals surface area contributed by atoms with Gasteiger partial charge in [-0.25, -0.2) is 0 Å². The van der Waals surface area contributed by atoms with E-state index in [1.807, 2.05) is 0 Å². The largest absolute Gasteiger partial charge is 0.313 e. The molecule has 0 saturated heterocycles. The maximum atomic E-state index is 3.98. The molecule has 110 valence electrons. The van der Waals surface area contributed by atoms with Crippen molar-refractivity contribution in [3.63, 3.8) is 0 Å². The van der Waals surface area contributed by atoms with Crippen LogP contribution >= 0.6 is 0 Å². The molecule has 0 spiro atoms. The first-order valence-electron chi connectivity index (χ1n) is 9.04. The van der Waals surface area contributed by atoms with Crippen LogP contribution in [0.3, 0.4) is 0 Å². The van der Waals surface area contributed by atoms with Crippen LogP contribution in [0.4, 0.5) is 0 Å². The monoisotopic (exact) mass is 263 g/mol. The molecule has 19 heavy (non-hydrogen) atoms. The molecule has 1 heteroatoms. The second-order valence-electron chi connectivity index (χ2n) is 7.70. The molecule has 1 nitrogen and oxygen atoms in total. The Morgan fingerprint density at radius 1 is 1.00 bits per heavy atom. The van der Waals surface area contributed by atoms with E-state index in [-0.39, 0.29) is 0 Å². The van der Waals surface area contributed by atoms with Gasteiger partial charge in [-0.2, -0.15) is 0 Å². The molecule has 0 radical (unpaired) electrons. The Morgan fingerprint density at radius 2 is 1.74 bits per heavy atom. The van der Waals surface area contributed by atoms with Crippen LogP contribution in [0.15, 0.2) is 0 Å². The summed E-state index contributed by atoms with van der Waals surface area (Å²) in [7, 11) is 0. The van der Waals surface area contributed by atoms with Crippen molar-refractivity contribution in [2.45, 2.75) is 77.7 Å². The number of rotatable bonds is 5. The third kappa shape index (κ3) is 3.01. The summed E-state index contributed by atoms with van der Waals surface area (Å²) in [5.41, 5.74) is 0. The van der Waals surface area contributed by atoms with Gasteiger partial charge in [-0.15, -0.1) is 0 Å². The molecular formula is C18H33N. The Hall–Kier alpha value is -0.0400. The highest BCUT2D eigenvalue weighted by atomic mass is 14.9. The maximum Gasteiger partial charge on any atom is 0.0129 e. The van der Waals surface area contributed by atoms with Crippen LogP contribution in [-0.4, -0.2) is 12.6 Å². The number of hydrogen-bond donors (Lipinski definition) is 1. The van der Waals surface area contributed by atoms with Crippen molar-refractivity contribution >= 4 is 0 Å². The Balaban J connectivity index is 1.63. The summed E-state index contributed by atoms with van der Waals surface area (Å²) in [4.78, 5) is 0. The molecule has 0 aromatic heterocycles. The lowest BCUT2D eigenvalue weighted by Crippen LogP contribution is -2.41. The molecule has 3 aliphatic carbocycles. The number of nitrogens with one attached hydrogen (secondary N) is 1. The predicted octanol–water partition coefficient (Wildman–Crippen LogP) is 4.62. The summed E-state index contributed by atoms with van der Waals surface area (Å²) in [5, 5.41) is 3.98. The molecule has 3 aliphatic rings. The van der Waals surface area contributed by atoms with Crippen molar-refractivity contribution in [3.05, 3.63) is 0 Å². The average molecular weight is 263 g/mol. The molecule has 3 rings (SSSR count). The van der Waals surface area contributed by atoms with Gasteiger partial charge in [0.2, 0.25) is 0 Å². The molecule has 0 aromatic carbocycles. The second-order valence-corrected chi connectivity index (χ2v) is 7.70. The van der Waals surface area contributed by atoms with Gasteiger partial charge >= 0.3 is 0 Å². The smallest absolute Gasteiger partial charge is 0.0129 e. The van der Waals surface area contributed by atoms with Crippen LogP contribution in [0.2, 0.25) is 0 Å². The molecular weight excluding hydrogens is 230 g/mol. The zero-order valence-corrected chi connectivity index (χ0v) is 13.0. The summed E-state index contributed by atoms with van der Waals surface area (Å²) >= 11 is 0. The quantitative estimate of drug-likeness (QED) is 0.763. The van der Waals surface area contributed by atoms with Gasteiger partial charge in [-0.1, -0.05) is 39.5 Å². The predicted molar refractivity (Wildman–Crippen MR) is 82.1 cm³/mol. The molecule has 0 aliphatic heterocycles. The zero-order valence-electron chi connectivity index (χ0n) is 13.0. The normalized spacial score (nSPS) is 43.6. The van der Waals surface area contributed by atoms with E-state index in [0.717, 1.165) is 35.6 Å². The minimum absolute atomic E-state index is 0.871. The highest BCUT2D eigenvalue weighted by Gasteiger charge is 2.55. The molecule has 0 amide bonds. The molecule has 3 saturated carbocycles. The van der Waals surface area contributed by atoms with Crippen molar-refractivity contribution in [2.75, 3.05) is 6.54 Å². The summed E-state index contributed by atoms with van der Waals surface area (Å²) in [6, 6.07) is 0.871. The average Bonchev–Trinajstić information content (AvgIpc) is 3.14. The van der Waals surface area contributed by atoms with Crippen LogP contribution in [0, 0.1) is 29.6 Å². The molecule has 3 fully saturated rings. The van der Waals surface area contributed by atoms with Crippen LogP contribution in [0.5, 0.6) is 0 Å². The maximum absolute atomic E-state index is 3.98. The zero-order chi connectivity index (χ0) is 13.2. The van der Waals surface area contributed by atoms with Gasteiger partial charge in [0.1, 0.15) is 0 Å². The lowest BCUT2D eigenvalue weighted by Gasteiger charge is -2.34. The van der Waals surface area contributed by atoms with Crippen molar-refractivity contribution in [2.24, 2.45) is 29.6 Å². The van der Waals surface area contributed by atoms with Crippen molar-refractivity contribution in [1.29, 1.82) is 0 Å². The minimum atomic E-state index is 0.871. The summed E-state index contributed by atoms with van der Waals surface area (Å²) < 4.78 is 0. The highest BCUT2D eigenvalue weighted by Crippen LogP contribution is 2.58. The molecule has 5 unspecified atom stereocenters. The number of fused-ring (bicyclic) bond motifs is 1. The van der Waals surface area contributed by atoms with E-state index < -0.39 is 0 Å². The van der Waals surface area contributed by atoms with E-state index in [1.165, 1.54) is 51.5 Å². The van der Waals surface area contributed by atoms with Crippen molar-refractivity contribution in [3.8, 4) is 0 Å². The first kappa shape index (κ1) is 13.9. The first-order chi connectivity index (χ1) is 9.31. The van der Waals surface area contributed by atoms with Gasteiger partial charge < -0.3 is 5.32 Å². The Labute approximate surface area is 119 Å². The topological polar surface area (TPSA) is 12.0 Å². The Kier molecular flexibility index (Phi) is 4.51. The summed E-state index contributed by atoms with van der Waals surface area (Å²) in [5.74, 6) is 5.25. The third-order valence-electron chi connectivity index (χ3n) is 6.25. The molecule has 5 atom stereocenters.